The molecule has 0 bridgehead atoms. The molecule has 0 radical (unpaired) electrons. The van der Waals surface area contributed by atoms with Gasteiger partial charge in [-0.2, -0.15) is 0 Å². The molecule has 0 spiro atoms. The molecule has 0 heterocycles. The lowest BCUT2D eigenvalue weighted by atomic mass is 10.0. The van der Waals surface area contributed by atoms with Crippen LogP contribution in [0.2, 0.25) is 0 Å². The Hall–Kier alpha value is -0.950. The van der Waals surface area contributed by atoms with E-state index in [4.69, 9.17) is 19.3 Å². The Labute approximate surface area is 264 Å². The number of carbonyl (C=O) groups is 2. The van der Waals surface area contributed by atoms with E-state index >= 15 is 0 Å². The Kier molecular flexibility index (Phi) is 29.1. The second-order valence-corrected chi connectivity index (χ2v) is 13.9. The summed E-state index contributed by atoms with van der Waals surface area (Å²) in [4.78, 5) is 42.4. The highest BCUT2D eigenvalue weighted by Crippen LogP contribution is 2.36. The summed E-state index contributed by atoms with van der Waals surface area (Å²) >= 11 is 0. The molecule has 0 unspecified atom stereocenters. The van der Waals surface area contributed by atoms with Crippen molar-refractivity contribution >= 4 is 19.8 Å². The third-order valence-electron chi connectivity index (χ3n) is 7.80. The van der Waals surface area contributed by atoms with Gasteiger partial charge in [-0.25, -0.2) is 4.57 Å². The third kappa shape index (κ3) is 33.8. The van der Waals surface area contributed by atoms with Crippen molar-refractivity contribution in [2.24, 2.45) is 5.92 Å². The van der Waals surface area contributed by atoms with Crippen LogP contribution in [-0.4, -0.2) is 41.0 Å². The molecule has 0 saturated carbocycles. The van der Waals surface area contributed by atoms with Crippen LogP contribution >= 0.6 is 7.82 Å². The van der Waals surface area contributed by atoms with Crippen molar-refractivity contribution in [1.82, 2.24) is 0 Å². The monoisotopic (exact) mass is 634 g/mol. The van der Waals surface area contributed by atoms with Gasteiger partial charge in [-0.3, -0.25) is 14.1 Å². The van der Waals surface area contributed by atoms with Crippen molar-refractivity contribution in [2.45, 2.75) is 187 Å². The quantitative estimate of drug-likeness (QED) is 0.0426. The van der Waals surface area contributed by atoms with Gasteiger partial charge in [-0.05, 0) is 18.8 Å². The smallest absolute Gasteiger partial charge is 0.462 e. The Morgan fingerprint density at radius 2 is 0.977 bits per heavy atom. The second kappa shape index (κ2) is 29.7. The number of hydrogen-bond donors (Lipinski definition) is 2. The topological polar surface area (TPSA) is 119 Å². The maximum absolute atomic E-state index is 12.3. The minimum atomic E-state index is -4.73. The normalized spacial score (nSPS) is 12.5. The molecule has 0 saturated heterocycles. The molecule has 0 amide bonds. The second-order valence-electron chi connectivity index (χ2n) is 12.7. The maximum atomic E-state index is 12.3. The predicted molar refractivity (Wildman–Crippen MR) is 175 cm³/mol. The minimum absolute atomic E-state index is 0.218. The summed E-state index contributed by atoms with van der Waals surface area (Å²) in [5, 5.41) is 0. The van der Waals surface area contributed by atoms with Crippen LogP contribution < -0.4 is 0 Å². The number of phosphoric ester groups is 1. The van der Waals surface area contributed by atoms with Crippen LogP contribution in [0.4, 0.5) is 0 Å². The molecule has 43 heavy (non-hydrogen) atoms. The first-order chi connectivity index (χ1) is 20.6. The molecule has 9 heteroatoms. The van der Waals surface area contributed by atoms with Gasteiger partial charge >= 0.3 is 19.8 Å². The van der Waals surface area contributed by atoms with Crippen molar-refractivity contribution < 1.29 is 37.9 Å². The van der Waals surface area contributed by atoms with Gasteiger partial charge in [0.05, 0.1) is 6.61 Å². The van der Waals surface area contributed by atoms with Gasteiger partial charge in [-0.1, -0.05) is 156 Å². The van der Waals surface area contributed by atoms with Crippen molar-refractivity contribution in [3.8, 4) is 0 Å². The first-order valence-corrected chi connectivity index (χ1v) is 19.2. The summed E-state index contributed by atoms with van der Waals surface area (Å²) in [7, 11) is -4.73. The highest BCUT2D eigenvalue weighted by Gasteiger charge is 2.22. The Morgan fingerprint density at radius 3 is 1.40 bits per heavy atom. The van der Waals surface area contributed by atoms with Crippen LogP contribution in [0.15, 0.2) is 0 Å². The number of rotatable bonds is 32. The zero-order chi connectivity index (χ0) is 32.0. The molecular formula is C34H67O8P. The summed E-state index contributed by atoms with van der Waals surface area (Å²) in [5.74, 6) is -0.0456. The van der Waals surface area contributed by atoms with E-state index in [1.807, 2.05) is 0 Å². The zero-order valence-electron chi connectivity index (χ0n) is 28.0. The van der Waals surface area contributed by atoms with Gasteiger partial charge in [0.1, 0.15) is 6.61 Å². The summed E-state index contributed by atoms with van der Waals surface area (Å²) in [6.07, 6.45) is 27.1. The molecule has 0 fully saturated rings. The van der Waals surface area contributed by atoms with E-state index in [0.29, 0.717) is 6.42 Å². The van der Waals surface area contributed by atoms with E-state index in [9.17, 15) is 14.2 Å². The van der Waals surface area contributed by atoms with Crippen molar-refractivity contribution in [3.63, 3.8) is 0 Å². The van der Waals surface area contributed by atoms with Gasteiger partial charge in [-0.15, -0.1) is 0 Å². The van der Waals surface area contributed by atoms with E-state index in [-0.39, 0.29) is 19.4 Å². The molecule has 0 aliphatic rings. The number of hydrogen-bond acceptors (Lipinski definition) is 6. The summed E-state index contributed by atoms with van der Waals surface area (Å²) in [6.45, 7) is 5.97. The predicted octanol–water partition coefficient (Wildman–Crippen LogP) is 9.98. The summed E-state index contributed by atoms with van der Waals surface area (Å²) in [5.41, 5.74) is 0. The highest BCUT2D eigenvalue weighted by atomic mass is 31.2. The molecule has 256 valence electrons. The Balaban J connectivity index is 3.86. The molecule has 0 aromatic carbocycles. The molecule has 2 N–H and O–H groups in total. The average molecular weight is 635 g/mol. The van der Waals surface area contributed by atoms with Crippen LogP contribution in [-0.2, 0) is 28.2 Å². The molecule has 0 aromatic rings. The number of unbranched alkanes of at least 4 members (excludes halogenated alkanes) is 20. The molecule has 8 nitrogen and oxygen atoms in total. The van der Waals surface area contributed by atoms with E-state index in [1.54, 1.807) is 0 Å². The first-order valence-electron chi connectivity index (χ1n) is 17.7. The largest absolute Gasteiger partial charge is 0.469 e. The van der Waals surface area contributed by atoms with E-state index in [2.05, 4.69) is 25.3 Å². The number of carbonyl (C=O) groups excluding carboxylic acids is 2. The fourth-order valence-corrected chi connectivity index (χ4v) is 5.51. The zero-order valence-corrected chi connectivity index (χ0v) is 28.9. The van der Waals surface area contributed by atoms with Gasteiger partial charge in [0.25, 0.3) is 0 Å². The van der Waals surface area contributed by atoms with Crippen LogP contribution in [0, 0.1) is 5.92 Å². The van der Waals surface area contributed by atoms with Crippen LogP contribution in [0.5, 0.6) is 0 Å². The summed E-state index contributed by atoms with van der Waals surface area (Å²) < 4.78 is 26.1. The van der Waals surface area contributed by atoms with E-state index < -0.39 is 32.5 Å². The van der Waals surface area contributed by atoms with Gasteiger partial charge in [0.15, 0.2) is 6.10 Å². The van der Waals surface area contributed by atoms with Crippen molar-refractivity contribution in [1.29, 1.82) is 0 Å². The SMILES string of the molecule is CCCCCCCCCC(=O)OC[C@H](COP(=O)(O)O)OC(=O)CCCCCCCCCCCCCCCCCC(C)C. The molecule has 0 aliphatic heterocycles. The van der Waals surface area contributed by atoms with Crippen LogP contribution in [0.25, 0.3) is 0 Å². The summed E-state index contributed by atoms with van der Waals surface area (Å²) in [6, 6.07) is 0. The standard InChI is InChI=1S/C34H67O8P/c1-4-5-6-7-17-21-24-27-33(35)40-29-32(30-41-43(37,38)39)42-34(36)28-25-22-19-16-14-12-10-8-9-11-13-15-18-20-23-26-31(2)3/h31-32H,4-30H2,1-3H3,(H2,37,38,39)/t32-/m1/s1. The Bertz CT molecular complexity index is 694. The Morgan fingerprint density at radius 1 is 0.581 bits per heavy atom. The van der Waals surface area contributed by atoms with E-state index in [0.717, 1.165) is 38.0 Å². The minimum Gasteiger partial charge on any atom is -0.462 e. The fourth-order valence-electron chi connectivity index (χ4n) is 5.15. The lowest BCUT2D eigenvalue weighted by molar-refractivity contribution is -0.161. The molecule has 0 rings (SSSR count). The lowest BCUT2D eigenvalue weighted by Gasteiger charge is -2.18. The van der Waals surface area contributed by atoms with Crippen LogP contribution in [0.1, 0.15) is 181 Å². The van der Waals surface area contributed by atoms with Gasteiger partial charge in [0, 0.05) is 12.8 Å². The first kappa shape index (κ1) is 42.0. The van der Waals surface area contributed by atoms with Crippen molar-refractivity contribution in [3.05, 3.63) is 0 Å². The fraction of sp³-hybridized carbons (Fsp3) is 0.941. The third-order valence-corrected chi connectivity index (χ3v) is 8.29. The average Bonchev–Trinajstić information content (AvgIpc) is 2.95. The highest BCUT2D eigenvalue weighted by molar-refractivity contribution is 7.46. The van der Waals surface area contributed by atoms with Gasteiger partial charge < -0.3 is 19.3 Å². The maximum Gasteiger partial charge on any atom is 0.469 e. The number of ether oxygens (including phenoxy) is 2. The molecule has 0 aliphatic carbocycles. The van der Waals surface area contributed by atoms with E-state index in [1.165, 1.54) is 109 Å². The number of phosphoric acid groups is 1. The molecule has 1 atom stereocenters. The lowest BCUT2D eigenvalue weighted by Crippen LogP contribution is -2.29. The van der Waals surface area contributed by atoms with Crippen LogP contribution in [0.3, 0.4) is 0 Å². The van der Waals surface area contributed by atoms with Crippen molar-refractivity contribution in [2.75, 3.05) is 13.2 Å². The molecular weight excluding hydrogens is 567 g/mol. The van der Waals surface area contributed by atoms with Gasteiger partial charge in [0.2, 0.25) is 0 Å². The number of esters is 2. The molecule has 0 aromatic heterocycles.